The highest BCUT2D eigenvalue weighted by Crippen LogP contribution is 2.31. The second-order valence-electron chi connectivity index (χ2n) is 5.08. The molecule has 1 aromatic heterocycles. The number of aryl methyl sites for hydroxylation is 1. The molecule has 0 radical (unpaired) electrons. The van der Waals surface area contributed by atoms with E-state index >= 15 is 0 Å². The maximum absolute atomic E-state index is 11.9. The van der Waals surface area contributed by atoms with Gasteiger partial charge in [0.2, 0.25) is 0 Å². The molecule has 0 aliphatic heterocycles. The number of carbonyl (C=O) groups excluding carboxylic acids is 1. The molecule has 1 amide bonds. The van der Waals surface area contributed by atoms with Gasteiger partial charge >= 0.3 is 6.09 Å². The number of benzene rings is 2. The topological polar surface area (TPSA) is 64.3 Å². The Morgan fingerprint density at radius 2 is 1.70 bits per heavy atom. The summed E-state index contributed by atoms with van der Waals surface area (Å²) in [5.41, 5.74) is 9.43. The van der Waals surface area contributed by atoms with Crippen LogP contribution in [0.5, 0.6) is 5.06 Å². The van der Waals surface area contributed by atoms with E-state index in [1.807, 2.05) is 61.5 Å². The number of thiophene rings is 1. The molecule has 0 atom stereocenters. The van der Waals surface area contributed by atoms with Gasteiger partial charge in [0.1, 0.15) is 0 Å². The lowest BCUT2D eigenvalue weighted by Gasteiger charge is -2.07. The first-order valence-electron chi connectivity index (χ1n) is 7.12. The van der Waals surface area contributed by atoms with E-state index in [0.29, 0.717) is 15.8 Å². The van der Waals surface area contributed by atoms with Gasteiger partial charge < -0.3 is 10.5 Å². The van der Waals surface area contributed by atoms with Crippen LogP contribution in [0.4, 0.5) is 15.5 Å². The summed E-state index contributed by atoms with van der Waals surface area (Å²) in [6.45, 7) is 1.85. The third-order valence-corrected chi connectivity index (χ3v) is 4.26. The summed E-state index contributed by atoms with van der Waals surface area (Å²) in [5, 5.41) is 3.85. The van der Waals surface area contributed by atoms with E-state index in [2.05, 4.69) is 5.32 Å². The number of anilines is 2. The number of nitrogen functional groups attached to an aromatic ring is 1. The molecule has 0 aliphatic rings. The van der Waals surface area contributed by atoms with E-state index in [1.165, 1.54) is 11.3 Å². The van der Waals surface area contributed by atoms with E-state index in [-0.39, 0.29) is 0 Å². The molecule has 0 saturated heterocycles. The normalized spacial score (nSPS) is 10.3. The number of nitrogens with two attached hydrogens (primary N) is 1. The van der Waals surface area contributed by atoms with Crippen molar-refractivity contribution in [2.45, 2.75) is 6.92 Å². The molecule has 3 rings (SSSR count). The molecule has 1 heterocycles. The van der Waals surface area contributed by atoms with Crippen molar-refractivity contribution >= 4 is 28.1 Å². The Hall–Kier alpha value is -2.79. The van der Waals surface area contributed by atoms with E-state index in [1.54, 1.807) is 6.07 Å². The fourth-order valence-corrected chi connectivity index (χ4v) is 2.98. The Morgan fingerprint density at radius 3 is 2.30 bits per heavy atom. The van der Waals surface area contributed by atoms with Crippen molar-refractivity contribution in [3.05, 3.63) is 66.2 Å². The number of hydrogen-bond donors (Lipinski definition) is 2. The summed E-state index contributed by atoms with van der Waals surface area (Å²) in [5.74, 6) is 0. The van der Waals surface area contributed by atoms with Crippen LogP contribution in [0, 0.1) is 6.92 Å². The standard InChI is InChI=1S/C18H16N2O2S/c1-12-11-16(19)23-17(12)22-18(21)20-15-9-7-14(8-10-15)13-5-3-2-4-6-13/h2-11H,19H2,1H3,(H,20,21). The Kier molecular flexibility index (Phi) is 4.30. The van der Waals surface area contributed by atoms with Crippen molar-refractivity contribution in [3.8, 4) is 16.2 Å². The summed E-state index contributed by atoms with van der Waals surface area (Å²) in [6, 6.07) is 19.4. The van der Waals surface area contributed by atoms with Crippen LogP contribution in [0.25, 0.3) is 11.1 Å². The Labute approximate surface area is 138 Å². The lowest BCUT2D eigenvalue weighted by molar-refractivity contribution is 0.216. The molecule has 0 spiro atoms. The Bertz CT molecular complexity index is 811. The van der Waals surface area contributed by atoms with Gasteiger partial charge in [0.15, 0.2) is 5.06 Å². The number of hydrogen-bond acceptors (Lipinski definition) is 4. The predicted molar refractivity (Wildman–Crippen MR) is 95.0 cm³/mol. The van der Waals surface area contributed by atoms with Gasteiger partial charge in [-0.25, -0.2) is 4.79 Å². The third-order valence-electron chi connectivity index (χ3n) is 3.32. The highest BCUT2D eigenvalue weighted by atomic mass is 32.1. The maximum atomic E-state index is 11.9. The summed E-state index contributed by atoms with van der Waals surface area (Å²) < 4.78 is 5.27. The first-order valence-corrected chi connectivity index (χ1v) is 7.94. The van der Waals surface area contributed by atoms with Crippen molar-refractivity contribution in [3.63, 3.8) is 0 Å². The minimum Gasteiger partial charge on any atom is -0.399 e. The van der Waals surface area contributed by atoms with Crippen LogP contribution in [-0.2, 0) is 0 Å². The van der Waals surface area contributed by atoms with Gasteiger partial charge in [-0.3, -0.25) is 5.32 Å². The lowest BCUT2D eigenvalue weighted by Crippen LogP contribution is -2.16. The second kappa shape index (κ2) is 6.54. The zero-order valence-electron chi connectivity index (χ0n) is 12.6. The highest BCUT2D eigenvalue weighted by molar-refractivity contribution is 7.17. The van der Waals surface area contributed by atoms with E-state index in [9.17, 15) is 4.79 Å². The molecule has 0 fully saturated rings. The van der Waals surface area contributed by atoms with Crippen molar-refractivity contribution in [2.24, 2.45) is 0 Å². The molecular formula is C18H16N2O2S. The summed E-state index contributed by atoms with van der Waals surface area (Å²) in [4.78, 5) is 11.9. The maximum Gasteiger partial charge on any atom is 0.417 e. The number of ether oxygens (including phenoxy) is 1. The van der Waals surface area contributed by atoms with Crippen molar-refractivity contribution in [1.82, 2.24) is 0 Å². The fraction of sp³-hybridized carbons (Fsp3) is 0.0556. The first kappa shape index (κ1) is 15.1. The first-order chi connectivity index (χ1) is 11.1. The molecule has 5 heteroatoms. The SMILES string of the molecule is Cc1cc(N)sc1OC(=O)Nc1ccc(-c2ccccc2)cc1. The van der Waals surface area contributed by atoms with Crippen LogP contribution in [0.1, 0.15) is 5.56 Å². The number of rotatable bonds is 3. The van der Waals surface area contributed by atoms with Gasteiger partial charge in [0.05, 0.1) is 5.00 Å². The predicted octanol–water partition coefficient (Wildman–Crippen LogP) is 4.92. The van der Waals surface area contributed by atoms with Gasteiger partial charge in [0, 0.05) is 11.3 Å². The van der Waals surface area contributed by atoms with Gasteiger partial charge in [-0.2, -0.15) is 0 Å². The third kappa shape index (κ3) is 3.70. The van der Waals surface area contributed by atoms with Gasteiger partial charge in [-0.1, -0.05) is 53.8 Å². The number of amides is 1. The van der Waals surface area contributed by atoms with Crippen molar-refractivity contribution in [1.29, 1.82) is 0 Å². The van der Waals surface area contributed by atoms with Crippen LogP contribution in [0.15, 0.2) is 60.7 Å². The zero-order chi connectivity index (χ0) is 16.2. The summed E-state index contributed by atoms with van der Waals surface area (Å²) in [6.07, 6.45) is -0.526. The molecule has 23 heavy (non-hydrogen) atoms. The molecule has 0 unspecified atom stereocenters. The average molecular weight is 324 g/mol. The molecule has 2 aromatic carbocycles. The minimum absolute atomic E-state index is 0.515. The Morgan fingerprint density at radius 1 is 1.04 bits per heavy atom. The fourth-order valence-electron chi connectivity index (χ4n) is 2.19. The van der Waals surface area contributed by atoms with Gasteiger partial charge in [0.25, 0.3) is 0 Å². The molecule has 116 valence electrons. The molecule has 3 N–H and O–H groups in total. The summed E-state index contributed by atoms with van der Waals surface area (Å²) in [7, 11) is 0. The Balaban J connectivity index is 1.66. The van der Waals surface area contributed by atoms with Gasteiger partial charge in [-0.15, -0.1) is 0 Å². The molecule has 0 saturated carbocycles. The number of carbonyl (C=O) groups is 1. The van der Waals surface area contributed by atoms with E-state index in [0.717, 1.165) is 16.7 Å². The van der Waals surface area contributed by atoms with E-state index in [4.69, 9.17) is 10.5 Å². The van der Waals surface area contributed by atoms with Crippen LogP contribution in [0.3, 0.4) is 0 Å². The smallest absolute Gasteiger partial charge is 0.399 e. The monoisotopic (exact) mass is 324 g/mol. The van der Waals surface area contributed by atoms with Crippen LogP contribution in [-0.4, -0.2) is 6.09 Å². The molecule has 4 nitrogen and oxygen atoms in total. The lowest BCUT2D eigenvalue weighted by atomic mass is 10.1. The minimum atomic E-state index is -0.526. The molecular weight excluding hydrogens is 308 g/mol. The molecule has 0 aliphatic carbocycles. The average Bonchev–Trinajstić information content (AvgIpc) is 2.86. The van der Waals surface area contributed by atoms with Gasteiger partial charge in [-0.05, 0) is 36.2 Å². The molecule has 0 bridgehead atoms. The van der Waals surface area contributed by atoms with Crippen molar-refractivity contribution < 1.29 is 9.53 Å². The second-order valence-corrected chi connectivity index (χ2v) is 6.12. The number of nitrogens with one attached hydrogen (secondary N) is 1. The summed E-state index contributed by atoms with van der Waals surface area (Å²) >= 11 is 1.25. The van der Waals surface area contributed by atoms with E-state index < -0.39 is 6.09 Å². The van der Waals surface area contributed by atoms with Crippen LogP contribution in [0.2, 0.25) is 0 Å². The van der Waals surface area contributed by atoms with Crippen molar-refractivity contribution in [2.75, 3.05) is 11.1 Å². The van der Waals surface area contributed by atoms with Crippen LogP contribution < -0.4 is 15.8 Å². The molecule has 3 aromatic rings. The zero-order valence-corrected chi connectivity index (χ0v) is 13.4. The highest BCUT2D eigenvalue weighted by Gasteiger charge is 2.10. The van der Waals surface area contributed by atoms with Crippen LogP contribution >= 0.6 is 11.3 Å². The largest absolute Gasteiger partial charge is 0.417 e. The quantitative estimate of drug-likeness (QED) is 0.719.